The predicted molar refractivity (Wildman–Crippen MR) is 85.2 cm³/mol. The Morgan fingerprint density at radius 3 is 2.80 bits per heavy atom. The van der Waals surface area contributed by atoms with Gasteiger partial charge in [-0.3, -0.25) is 5.84 Å². The second kappa shape index (κ2) is 5.80. The Bertz CT molecular complexity index is 544. The molecule has 0 spiro atoms. The maximum atomic E-state index is 6.09. The van der Waals surface area contributed by atoms with Gasteiger partial charge in [-0.05, 0) is 44.1 Å². The molecular formula is C16H23N3S. The molecule has 2 heterocycles. The van der Waals surface area contributed by atoms with Gasteiger partial charge in [0.05, 0.1) is 16.1 Å². The van der Waals surface area contributed by atoms with Gasteiger partial charge < -0.3 is 0 Å². The molecule has 4 heteroatoms. The van der Waals surface area contributed by atoms with Crippen LogP contribution in [0.3, 0.4) is 0 Å². The molecule has 2 unspecified atom stereocenters. The Balaban J connectivity index is 1.76. The number of rotatable bonds is 3. The van der Waals surface area contributed by atoms with Crippen LogP contribution in [-0.2, 0) is 0 Å². The molecule has 2 aliphatic rings. The van der Waals surface area contributed by atoms with Crippen molar-refractivity contribution >= 4 is 16.9 Å². The lowest BCUT2D eigenvalue weighted by Crippen LogP contribution is -2.40. The van der Waals surface area contributed by atoms with Crippen molar-refractivity contribution in [1.82, 2.24) is 9.99 Å². The predicted octanol–water partition coefficient (Wildman–Crippen LogP) is 3.53. The van der Waals surface area contributed by atoms with E-state index in [1.807, 2.05) is 10.5 Å². The third kappa shape index (κ3) is 2.60. The van der Waals surface area contributed by atoms with E-state index in [0.717, 1.165) is 25.1 Å². The smallest absolute Gasteiger partial charge is 0.0801 e. The SMILES string of the molecule is Cc1ncsc1C1=CC=C(C(C)C2CCCN2N)CC1. The maximum absolute atomic E-state index is 6.09. The lowest BCUT2D eigenvalue weighted by Gasteiger charge is -2.29. The van der Waals surface area contributed by atoms with Crippen LogP contribution in [0.2, 0.25) is 0 Å². The monoisotopic (exact) mass is 289 g/mol. The summed E-state index contributed by atoms with van der Waals surface area (Å²) in [4.78, 5) is 5.71. The van der Waals surface area contributed by atoms with Crippen LogP contribution >= 0.6 is 11.3 Å². The highest BCUT2D eigenvalue weighted by Gasteiger charge is 2.29. The van der Waals surface area contributed by atoms with Gasteiger partial charge in [0.1, 0.15) is 0 Å². The second-order valence-electron chi connectivity index (χ2n) is 5.94. The molecule has 3 nitrogen and oxygen atoms in total. The highest BCUT2D eigenvalue weighted by Crippen LogP contribution is 2.36. The number of nitrogens with two attached hydrogens (primary N) is 1. The quantitative estimate of drug-likeness (QED) is 0.866. The van der Waals surface area contributed by atoms with E-state index in [0.29, 0.717) is 12.0 Å². The molecule has 0 aromatic carbocycles. The molecule has 3 rings (SSSR count). The molecule has 1 fully saturated rings. The minimum absolute atomic E-state index is 0.529. The number of hydrogen-bond donors (Lipinski definition) is 1. The second-order valence-corrected chi connectivity index (χ2v) is 6.79. The summed E-state index contributed by atoms with van der Waals surface area (Å²) in [5.41, 5.74) is 6.10. The van der Waals surface area contributed by atoms with E-state index in [1.54, 1.807) is 16.9 Å². The molecular weight excluding hydrogens is 266 g/mol. The summed E-state index contributed by atoms with van der Waals surface area (Å²) in [6, 6.07) is 0.529. The topological polar surface area (TPSA) is 42.2 Å². The van der Waals surface area contributed by atoms with Crippen molar-refractivity contribution in [3.63, 3.8) is 0 Å². The number of nitrogens with zero attached hydrogens (tertiary/aromatic N) is 2. The highest BCUT2D eigenvalue weighted by atomic mass is 32.1. The molecule has 108 valence electrons. The van der Waals surface area contributed by atoms with Crippen molar-refractivity contribution in [1.29, 1.82) is 0 Å². The molecule has 1 aliphatic heterocycles. The van der Waals surface area contributed by atoms with Gasteiger partial charge in [0.15, 0.2) is 0 Å². The number of hydrazine groups is 1. The Hall–Kier alpha value is -0.970. The summed E-state index contributed by atoms with van der Waals surface area (Å²) in [5, 5.41) is 2.04. The first-order valence-corrected chi connectivity index (χ1v) is 8.36. The van der Waals surface area contributed by atoms with E-state index in [4.69, 9.17) is 5.84 Å². The van der Waals surface area contributed by atoms with Crippen molar-refractivity contribution in [2.45, 2.75) is 45.6 Å². The van der Waals surface area contributed by atoms with Crippen molar-refractivity contribution in [3.8, 4) is 0 Å². The van der Waals surface area contributed by atoms with E-state index in [2.05, 4.69) is 31.0 Å². The maximum Gasteiger partial charge on any atom is 0.0801 e. The molecule has 2 atom stereocenters. The van der Waals surface area contributed by atoms with Crippen molar-refractivity contribution < 1.29 is 0 Å². The van der Waals surface area contributed by atoms with Gasteiger partial charge in [0.2, 0.25) is 0 Å². The normalized spacial score (nSPS) is 25.4. The Labute approximate surface area is 125 Å². The molecule has 0 radical (unpaired) electrons. The molecule has 20 heavy (non-hydrogen) atoms. The number of allylic oxidation sites excluding steroid dienone is 3. The number of hydrogen-bond acceptors (Lipinski definition) is 4. The lowest BCUT2D eigenvalue weighted by atomic mass is 9.85. The summed E-state index contributed by atoms with van der Waals surface area (Å²) < 4.78 is 0. The Morgan fingerprint density at radius 1 is 1.40 bits per heavy atom. The standard InChI is InChI=1S/C16H23N3S/c1-11(15-4-3-9-19(15)17)13-5-7-14(8-6-13)16-12(2)18-10-20-16/h5,7,10-11,15H,3-4,6,8-9,17H2,1-2H3. The van der Waals surface area contributed by atoms with Crippen molar-refractivity contribution in [2.24, 2.45) is 11.8 Å². The zero-order valence-corrected chi connectivity index (χ0v) is 13.1. The number of aryl methyl sites for hydroxylation is 1. The average Bonchev–Trinajstić information content (AvgIpc) is 3.07. The third-order valence-corrected chi connectivity index (χ3v) is 5.73. The molecule has 1 aromatic rings. The minimum Gasteiger partial charge on any atom is -0.269 e. The molecule has 2 N–H and O–H groups in total. The zero-order chi connectivity index (χ0) is 14.1. The van der Waals surface area contributed by atoms with Crippen LogP contribution in [-0.4, -0.2) is 22.6 Å². The molecule has 0 bridgehead atoms. The van der Waals surface area contributed by atoms with Gasteiger partial charge in [0, 0.05) is 12.6 Å². The first kappa shape index (κ1) is 14.0. The van der Waals surface area contributed by atoms with Crippen LogP contribution in [0, 0.1) is 12.8 Å². The summed E-state index contributed by atoms with van der Waals surface area (Å²) in [7, 11) is 0. The van der Waals surface area contributed by atoms with Gasteiger partial charge >= 0.3 is 0 Å². The molecule has 0 saturated carbocycles. The molecule has 1 aromatic heterocycles. The van der Waals surface area contributed by atoms with E-state index < -0.39 is 0 Å². The Kier molecular flexibility index (Phi) is 4.06. The fraction of sp³-hybridized carbons (Fsp3) is 0.562. The molecule has 1 aliphatic carbocycles. The first-order valence-electron chi connectivity index (χ1n) is 7.48. The van der Waals surface area contributed by atoms with Crippen molar-refractivity contribution in [2.75, 3.05) is 6.54 Å². The van der Waals surface area contributed by atoms with Crippen LogP contribution < -0.4 is 5.84 Å². The van der Waals surface area contributed by atoms with E-state index in [-0.39, 0.29) is 0 Å². The number of thiazole rings is 1. The summed E-state index contributed by atoms with van der Waals surface area (Å²) in [6.45, 7) is 5.47. The van der Waals surface area contributed by atoms with Gasteiger partial charge in [-0.25, -0.2) is 9.99 Å². The molecule has 0 amide bonds. The largest absolute Gasteiger partial charge is 0.269 e. The fourth-order valence-electron chi connectivity index (χ4n) is 3.43. The number of aromatic nitrogens is 1. The van der Waals surface area contributed by atoms with Crippen LogP contribution in [0.1, 0.15) is 43.2 Å². The van der Waals surface area contributed by atoms with Crippen LogP contribution in [0.25, 0.3) is 5.57 Å². The average molecular weight is 289 g/mol. The van der Waals surface area contributed by atoms with Crippen molar-refractivity contribution in [3.05, 3.63) is 33.8 Å². The zero-order valence-electron chi connectivity index (χ0n) is 12.3. The minimum atomic E-state index is 0.529. The van der Waals surface area contributed by atoms with E-state index in [9.17, 15) is 0 Å². The van der Waals surface area contributed by atoms with Gasteiger partial charge in [0.25, 0.3) is 0 Å². The summed E-state index contributed by atoms with van der Waals surface area (Å²) in [6.07, 6.45) is 9.39. The van der Waals surface area contributed by atoms with Crippen LogP contribution in [0.4, 0.5) is 0 Å². The lowest BCUT2D eigenvalue weighted by molar-refractivity contribution is 0.217. The van der Waals surface area contributed by atoms with E-state index in [1.165, 1.54) is 23.3 Å². The van der Waals surface area contributed by atoms with Crippen LogP contribution in [0.15, 0.2) is 23.2 Å². The third-order valence-electron chi connectivity index (χ3n) is 4.72. The fourth-order valence-corrected chi connectivity index (χ4v) is 4.29. The van der Waals surface area contributed by atoms with Gasteiger partial charge in [-0.15, -0.1) is 11.3 Å². The summed E-state index contributed by atoms with van der Waals surface area (Å²) >= 11 is 1.75. The van der Waals surface area contributed by atoms with Gasteiger partial charge in [-0.2, -0.15) is 0 Å². The highest BCUT2D eigenvalue weighted by molar-refractivity contribution is 7.10. The van der Waals surface area contributed by atoms with Crippen LogP contribution in [0.5, 0.6) is 0 Å². The first-order chi connectivity index (χ1) is 9.66. The Morgan fingerprint density at radius 2 is 2.25 bits per heavy atom. The van der Waals surface area contributed by atoms with Gasteiger partial charge in [-0.1, -0.05) is 24.6 Å². The summed E-state index contributed by atoms with van der Waals surface area (Å²) in [5.74, 6) is 6.67. The van der Waals surface area contributed by atoms with E-state index >= 15 is 0 Å². The molecule has 1 saturated heterocycles.